The second kappa shape index (κ2) is 8.40. The molecule has 2 heterocycles. The number of nitrogens with two attached hydrogens (primary N) is 1. The molecule has 0 aromatic carbocycles. The Bertz CT molecular complexity index is 551. The van der Waals surface area contributed by atoms with E-state index in [-0.39, 0.29) is 18.1 Å². The average molecular weight is 344 g/mol. The van der Waals surface area contributed by atoms with E-state index in [4.69, 9.17) is 20.7 Å². The zero-order valence-electron chi connectivity index (χ0n) is 13.2. The number of rotatable bonds is 8. The lowest BCUT2D eigenvalue weighted by Gasteiger charge is -2.17. The Balaban J connectivity index is 1.99. The number of nitrogens with one attached hydrogen (secondary N) is 1. The first-order chi connectivity index (χ1) is 11.5. The summed E-state index contributed by atoms with van der Waals surface area (Å²) in [5, 5.41) is 40.2. The smallest absolute Gasteiger partial charge is 0.273 e. The second-order valence-electron chi connectivity index (χ2n) is 5.65. The van der Waals surface area contributed by atoms with Gasteiger partial charge in [-0.3, -0.25) is 9.36 Å². The van der Waals surface area contributed by atoms with Crippen molar-refractivity contribution in [3.63, 3.8) is 0 Å². The maximum Gasteiger partial charge on any atom is 0.273 e. The van der Waals surface area contributed by atoms with Crippen LogP contribution in [0.15, 0.2) is 6.33 Å². The van der Waals surface area contributed by atoms with Crippen molar-refractivity contribution >= 4 is 11.7 Å². The third-order valence-electron chi connectivity index (χ3n) is 3.96. The molecule has 0 saturated carbocycles. The minimum atomic E-state index is -1.30. The van der Waals surface area contributed by atoms with Crippen LogP contribution in [0.5, 0.6) is 0 Å². The molecule has 4 atom stereocenters. The van der Waals surface area contributed by atoms with E-state index in [2.05, 4.69) is 10.3 Å². The molecule has 1 aliphatic heterocycles. The Morgan fingerprint density at radius 1 is 1.29 bits per heavy atom. The molecule has 1 aliphatic rings. The molecule has 136 valence electrons. The molecule has 1 amide bonds. The number of amides is 1. The van der Waals surface area contributed by atoms with Crippen LogP contribution in [0.4, 0.5) is 5.82 Å². The van der Waals surface area contributed by atoms with Gasteiger partial charge in [0.1, 0.15) is 24.1 Å². The molecule has 0 aliphatic carbocycles. The average Bonchev–Trinajstić information content (AvgIpc) is 3.08. The van der Waals surface area contributed by atoms with E-state index in [1.807, 2.05) is 0 Å². The van der Waals surface area contributed by atoms with Gasteiger partial charge in [0.15, 0.2) is 11.9 Å². The van der Waals surface area contributed by atoms with E-state index >= 15 is 0 Å². The van der Waals surface area contributed by atoms with Crippen LogP contribution in [0.3, 0.4) is 0 Å². The molecule has 24 heavy (non-hydrogen) atoms. The van der Waals surface area contributed by atoms with Crippen molar-refractivity contribution in [2.75, 3.05) is 25.5 Å². The van der Waals surface area contributed by atoms with E-state index in [0.29, 0.717) is 13.0 Å². The zero-order valence-corrected chi connectivity index (χ0v) is 13.2. The summed E-state index contributed by atoms with van der Waals surface area (Å²) in [6.07, 6.45) is -1.08. The zero-order chi connectivity index (χ0) is 17.7. The first-order valence-corrected chi connectivity index (χ1v) is 7.85. The molecular formula is C14H24N4O6. The molecule has 0 spiro atoms. The van der Waals surface area contributed by atoms with Crippen LogP contribution in [-0.2, 0) is 4.74 Å². The Morgan fingerprint density at radius 3 is 2.67 bits per heavy atom. The summed E-state index contributed by atoms with van der Waals surface area (Å²) in [5.41, 5.74) is 5.90. The number of nitrogens with zero attached hydrogens (tertiary/aromatic N) is 2. The number of carbonyl (C=O) groups excluding carboxylic acids is 1. The lowest BCUT2D eigenvalue weighted by atomic mass is 10.1. The number of ether oxygens (including phenoxy) is 1. The van der Waals surface area contributed by atoms with Gasteiger partial charge < -0.3 is 36.2 Å². The number of hydrogen-bond donors (Lipinski definition) is 6. The van der Waals surface area contributed by atoms with Gasteiger partial charge in [-0.1, -0.05) is 0 Å². The number of unbranched alkanes of at least 4 members (excludes halogenated alkanes) is 2. The van der Waals surface area contributed by atoms with Crippen LogP contribution in [0, 0.1) is 0 Å². The van der Waals surface area contributed by atoms with Gasteiger partial charge in [0.2, 0.25) is 0 Å². The highest BCUT2D eigenvalue weighted by molar-refractivity contribution is 5.96. The summed E-state index contributed by atoms with van der Waals surface area (Å²) >= 11 is 0. The number of anilines is 1. The van der Waals surface area contributed by atoms with E-state index in [0.717, 1.165) is 12.8 Å². The van der Waals surface area contributed by atoms with Gasteiger partial charge in [-0.2, -0.15) is 0 Å². The number of hydrogen-bond acceptors (Lipinski definition) is 8. The molecular weight excluding hydrogens is 320 g/mol. The Labute approximate surface area is 138 Å². The molecule has 7 N–H and O–H groups in total. The number of nitrogen functional groups attached to an aromatic ring is 1. The molecule has 2 rings (SSSR count). The van der Waals surface area contributed by atoms with Crippen LogP contribution in [0.1, 0.15) is 36.0 Å². The maximum atomic E-state index is 12.1. The predicted molar refractivity (Wildman–Crippen MR) is 82.9 cm³/mol. The molecule has 1 saturated heterocycles. The molecule has 0 bridgehead atoms. The summed E-state index contributed by atoms with van der Waals surface area (Å²) in [4.78, 5) is 16.0. The molecule has 1 fully saturated rings. The Hall–Kier alpha value is -1.72. The monoisotopic (exact) mass is 344 g/mol. The molecule has 1 aromatic heterocycles. The van der Waals surface area contributed by atoms with Gasteiger partial charge in [0, 0.05) is 13.2 Å². The minimum Gasteiger partial charge on any atom is -0.396 e. The van der Waals surface area contributed by atoms with Crippen molar-refractivity contribution in [1.29, 1.82) is 0 Å². The third-order valence-corrected chi connectivity index (χ3v) is 3.96. The fourth-order valence-electron chi connectivity index (χ4n) is 2.56. The Kier molecular flexibility index (Phi) is 6.52. The van der Waals surface area contributed by atoms with E-state index in [1.165, 1.54) is 10.9 Å². The van der Waals surface area contributed by atoms with Gasteiger partial charge >= 0.3 is 0 Å². The standard InChI is InChI=1S/C14H24N4O6/c15-12-9(13(23)16-4-2-1-3-5-19)17-7-18(12)14-11(22)10(21)8(6-20)24-14/h7-8,10-11,14,19-22H,1-6,15H2,(H,16,23)/t8-,10-,11-,14-/m1/s1. The fraction of sp³-hybridized carbons (Fsp3) is 0.714. The lowest BCUT2D eigenvalue weighted by molar-refractivity contribution is -0.0518. The van der Waals surface area contributed by atoms with Crippen LogP contribution in [0.2, 0.25) is 0 Å². The van der Waals surface area contributed by atoms with Gasteiger partial charge in [-0.05, 0) is 19.3 Å². The first kappa shape index (κ1) is 18.6. The molecule has 1 aromatic rings. The molecule has 10 nitrogen and oxygen atoms in total. The van der Waals surface area contributed by atoms with Crippen LogP contribution in [-0.4, -0.2) is 74.0 Å². The SMILES string of the molecule is Nc1c(C(=O)NCCCCCO)ncn1[C@@H]1O[C@H](CO)[C@@H](O)[C@H]1O. The molecule has 10 heteroatoms. The van der Waals surface area contributed by atoms with E-state index in [9.17, 15) is 15.0 Å². The third kappa shape index (κ3) is 3.84. The van der Waals surface area contributed by atoms with Crippen LogP contribution >= 0.6 is 0 Å². The quantitative estimate of drug-likeness (QED) is 0.294. The highest BCUT2D eigenvalue weighted by atomic mass is 16.6. The number of imidazole rings is 1. The lowest BCUT2D eigenvalue weighted by Crippen LogP contribution is -2.33. The van der Waals surface area contributed by atoms with Gasteiger partial charge in [0.05, 0.1) is 12.9 Å². The first-order valence-electron chi connectivity index (χ1n) is 7.85. The van der Waals surface area contributed by atoms with Crippen molar-refractivity contribution in [3.8, 4) is 0 Å². The van der Waals surface area contributed by atoms with Crippen molar-refractivity contribution in [2.24, 2.45) is 0 Å². The van der Waals surface area contributed by atoms with Crippen LogP contribution < -0.4 is 11.1 Å². The minimum absolute atomic E-state index is 0.00213. The fourth-order valence-corrected chi connectivity index (χ4v) is 2.56. The van der Waals surface area contributed by atoms with Gasteiger partial charge in [0.25, 0.3) is 5.91 Å². The molecule has 0 radical (unpaired) electrons. The summed E-state index contributed by atoms with van der Waals surface area (Å²) in [7, 11) is 0. The van der Waals surface area contributed by atoms with Crippen molar-refractivity contribution in [3.05, 3.63) is 12.0 Å². The van der Waals surface area contributed by atoms with Gasteiger partial charge in [-0.25, -0.2) is 4.98 Å². The number of carbonyl (C=O) groups is 1. The summed E-state index contributed by atoms with van der Waals surface area (Å²) in [5.74, 6) is -0.459. The summed E-state index contributed by atoms with van der Waals surface area (Å²) in [6, 6.07) is 0. The number of aromatic nitrogens is 2. The number of aliphatic hydroxyl groups excluding tert-OH is 4. The predicted octanol–water partition coefficient (Wildman–Crippen LogP) is -2.03. The summed E-state index contributed by atoms with van der Waals surface area (Å²) < 4.78 is 6.61. The molecule has 0 unspecified atom stereocenters. The van der Waals surface area contributed by atoms with E-state index in [1.54, 1.807) is 0 Å². The van der Waals surface area contributed by atoms with Crippen molar-refractivity contribution in [2.45, 2.75) is 43.8 Å². The van der Waals surface area contributed by atoms with Crippen molar-refractivity contribution < 1.29 is 30.0 Å². The maximum absolute atomic E-state index is 12.1. The Morgan fingerprint density at radius 2 is 2.04 bits per heavy atom. The van der Waals surface area contributed by atoms with Crippen molar-refractivity contribution in [1.82, 2.24) is 14.9 Å². The second-order valence-corrected chi connectivity index (χ2v) is 5.65. The van der Waals surface area contributed by atoms with E-state index < -0.39 is 37.1 Å². The highest BCUT2D eigenvalue weighted by Gasteiger charge is 2.44. The summed E-state index contributed by atoms with van der Waals surface area (Å²) in [6.45, 7) is 0.0964. The largest absolute Gasteiger partial charge is 0.396 e. The normalized spacial score (nSPS) is 26.7. The number of aliphatic hydroxyl groups is 4. The van der Waals surface area contributed by atoms with Gasteiger partial charge in [-0.15, -0.1) is 0 Å². The highest BCUT2D eigenvalue weighted by Crippen LogP contribution is 2.31. The topological polar surface area (TPSA) is 163 Å². The van der Waals surface area contributed by atoms with Crippen LogP contribution in [0.25, 0.3) is 0 Å².